The van der Waals surface area contributed by atoms with Crippen LogP contribution in [0.15, 0.2) is 22.7 Å². The van der Waals surface area contributed by atoms with Gasteiger partial charge >= 0.3 is 0 Å². The molecule has 100 valence electrons. The van der Waals surface area contributed by atoms with E-state index in [9.17, 15) is 5.11 Å². The number of benzene rings is 1. The Hall–Kier alpha value is -0.540. The van der Waals surface area contributed by atoms with Gasteiger partial charge in [0, 0.05) is 23.2 Å². The van der Waals surface area contributed by atoms with Gasteiger partial charge in [0.15, 0.2) is 0 Å². The van der Waals surface area contributed by atoms with E-state index >= 15 is 0 Å². The van der Waals surface area contributed by atoms with E-state index in [1.807, 2.05) is 6.07 Å². The fourth-order valence-corrected chi connectivity index (χ4v) is 3.46. The van der Waals surface area contributed by atoms with Gasteiger partial charge in [-0.25, -0.2) is 0 Å². The van der Waals surface area contributed by atoms with Gasteiger partial charge in [0.05, 0.1) is 6.10 Å². The smallest absolute Gasteiger partial charge is 0.0772 e. The van der Waals surface area contributed by atoms with E-state index in [4.69, 9.17) is 0 Å². The van der Waals surface area contributed by atoms with E-state index in [2.05, 4.69) is 39.9 Å². The number of aliphatic hydroxyl groups excluding tert-OH is 1. The van der Waals surface area contributed by atoms with Crippen LogP contribution >= 0.6 is 15.9 Å². The van der Waals surface area contributed by atoms with Crippen LogP contribution in [0.1, 0.15) is 44.8 Å². The highest BCUT2D eigenvalue weighted by Crippen LogP contribution is 2.31. The number of halogens is 1. The standard InChI is InChI=1S/C15H22BrNO/c1-3-4-12-7-8-17(10-12)13-5-6-14(11(2)18)15(16)9-13/h5-6,9,11-12,18H,3-4,7-8,10H2,1-2H3. The van der Waals surface area contributed by atoms with Gasteiger partial charge in [0.25, 0.3) is 0 Å². The highest BCUT2D eigenvalue weighted by molar-refractivity contribution is 9.10. The van der Waals surface area contributed by atoms with Crippen LogP contribution in [-0.2, 0) is 0 Å². The molecule has 1 fully saturated rings. The summed E-state index contributed by atoms with van der Waals surface area (Å²) in [5.74, 6) is 0.852. The third-order valence-corrected chi connectivity index (χ3v) is 4.47. The van der Waals surface area contributed by atoms with Gasteiger partial charge in [-0.2, -0.15) is 0 Å². The second-order valence-electron chi connectivity index (χ2n) is 5.27. The Labute approximate surface area is 118 Å². The quantitative estimate of drug-likeness (QED) is 0.903. The predicted octanol–water partition coefficient (Wildman–Crippen LogP) is 4.13. The average molecular weight is 312 g/mol. The average Bonchev–Trinajstić information content (AvgIpc) is 2.77. The highest BCUT2D eigenvalue weighted by Gasteiger charge is 2.22. The Kier molecular flexibility index (Phi) is 4.68. The van der Waals surface area contributed by atoms with Crippen LogP contribution in [0.3, 0.4) is 0 Å². The molecule has 2 nitrogen and oxygen atoms in total. The molecule has 0 spiro atoms. The molecule has 18 heavy (non-hydrogen) atoms. The minimum atomic E-state index is -0.417. The zero-order valence-electron chi connectivity index (χ0n) is 11.2. The van der Waals surface area contributed by atoms with Gasteiger partial charge in [-0.05, 0) is 43.4 Å². The molecule has 1 heterocycles. The van der Waals surface area contributed by atoms with Crippen molar-refractivity contribution >= 4 is 21.6 Å². The Morgan fingerprint density at radius 3 is 2.89 bits per heavy atom. The number of anilines is 1. The van der Waals surface area contributed by atoms with Crippen molar-refractivity contribution < 1.29 is 5.11 Å². The summed E-state index contributed by atoms with van der Waals surface area (Å²) in [5.41, 5.74) is 2.23. The van der Waals surface area contributed by atoms with Crippen molar-refractivity contribution in [1.29, 1.82) is 0 Å². The van der Waals surface area contributed by atoms with Crippen LogP contribution in [0.2, 0.25) is 0 Å². The summed E-state index contributed by atoms with van der Waals surface area (Å²) in [7, 11) is 0. The van der Waals surface area contributed by atoms with Crippen molar-refractivity contribution in [3.8, 4) is 0 Å². The molecule has 1 aliphatic heterocycles. The summed E-state index contributed by atoms with van der Waals surface area (Å²) < 4.78 is 1.01. The largest absolute Gasteiger partial charge is 0.389 e. The molecule has 1 aliphatic rings. The van der Waals surface area contributed by atoms with Crippen LogP contribution in [0.4, 0.5) is 5.69 Å². The molecule has 0 saturated carbocycles. The van der Waals surface area contributed by atoms with E-state index in [0.717, 1.165) is 22.5 Å². The molecule has 0 bridgehead atoms. The van der Waals surface area contributed by atoms with Crippen molar-refractivity contribution in [2.75, 3.05) is 18.0 Å². The first-order chi connectivity index (χ1) is 8.61. The molecule has 1 aromatic rings. The summed E-state index contributed by atoms with van der Waals surface area (Å²) in [5, 5.41) is 9.63. The number of hydrogen-bond donors (Lipinski definition) is 1. The van der Waals surface area contributed by atoms with E-state index in [-0.39, 0.29) is 0 Å². The van der Waals surface area contributed by atoms with Crippen LogP contribution < -0.4 is 4.90 Å². The molecule has 0 aliphatic carbocycles. The molecule has 1 aromatic carbocycles. The zero-order valence-corrected chi connectivity index (χ0v) is 12.8. The maximum absolute atomic E-state index is 9.63. The monoisotopic (exact) mass is 311 g/mol. The maximum Gasteiger partial charge on any atom is 0.0772 e. The third-order valence-electron chi connectivity index (χ3n) is 3.78. The van der Waals surface area contributed by atoms with Crippen LogP contribution in [0.5, 0.6) is 0 Å². The SMILES string of the molecule is CCCC1CCN(c2ccc(C(C)O)c(Br)c2)C1. The van der Waals surface area contributed by atoms with Crippen molar-refractivity contribution in [3.63, 3.8) is 0 Å². The summed E-state index contributed by atoms with van der Waals surface area (Å²) in [6.45, 7) is 6.39. The van der Waals surface area contributed by atoms with Gasteiger partial charge in [-0.15, -0.1) is 0 Å². The lowest BCUT2D eigenvalue weighted by atomic mass is 10.0. The lowest BCUT2D eigenvalue weighted by Crippen LogP contribution is -2.19. The molecule has 2 atom stereocenters. The first kappa shape index (κ1) is 13.9. The van der Waals surface area contributed by atoms with E-state index in [0.29, 0.717) is 0 Å². The number of nitrogens with zero attached hydrogens (tertiary/aromatic N) is 1. The fourth-order valence-electron chi connectivity index (χ4n) is 2.76. The Bertz CT molecular complexity index is 405. The van der Waals surface area contributed by atoms with Gasteiger partial charge in [-0.1, -0.05) is 35.3 Å². The molecule has 2 rings (SSSR count). The lowest BCUT2D eigenvalue weighted by Gasteiger charge is -2.20. The summed E-state index contributed by atoms with van der Waals surface area (Å²) >= 11 is 3.55. The zero-order chi connectivity index (χ0) is 13.1. The predicted molar refractivity (Wildman–Crippen MR) is 80.0 cm³/mol. The molecule has 0 amide bonds. The van der Waals surface area contributed by atoms with Crippen LogP contribution in [0, 0.1) is 5.92 Å². The molecule has 1 saturated heterocycles. The topological polar surface area (TPSA) is 23.5 Å². The molecule has 0 radical (unpaired) electrons. The highest BCUT2D eigenvalue weighted by atomic mass is 79.9. The van der Waals surface area contributed by atoms with Crippen molar-refractivity contribution in [2.45, 2.75) is 39.2 Å². The van der Waals surface area contributed by atoms with Crippen LogP contribution in [-0.4, -0.2) is 18.2 Å². The van der Waals surface area contributed by atoms with Crippen molar-refractivity contribution in [3.05, 3.63) is 28.2 Å². The first-order valence-corrected chi connectivity index (χ1v) is 7.63. The maximum atomic E-state index is 9.63. The Morgan fingerprint density at radius 2 is 2.28 bits per heavy atom. The summed E-state index contributed by atoms with van der Waals surface area (Å²) in [6.07, 6.45) is 3.51. The fraction of sp³-hybridized carbons (Fsp3) is 0.600. The number of hydrogen-bond acceptors (Lipinski definition) is 2. The molecule has 0 aromatic heterocycles. The van der Waals surface area contributed by atoms with Gasteiger partial charge < -0.3 is 10.0 Å². The molecule has 2 unspecified atom stereocenters. The van der Waals surface area contributed by atoms with Crippen LogP contribution in [0.25, 0.3) is 0 Å². The molecule has 3 heteroatoms. The molecular weight excluding hydrogens is 290 g/mol. The minimum Gasteiger partial charge on any atom is -0.389 e. The molecular formula is C15H22BrNO. The normalized spacial score (nSPS) is 21.3. The summed E-state index contributed by atoms with van der Waals surface area (Å²) in [4.78, 5) is 2.46. The minimum absolute atomic E-state index is 0.417. The number of aliphatic hydroxyl groups is 1. The Balaban J connectivity index is 2.09. The number of rotatable bonds is 4. The summed E-state index contributed by atoms with van der Waals surface area (Å²) in [6, 6.07) is 6.29. The molecule has 1 N–H and O–H groups in total. The van der Waals surface area contributed by atoms with Gasteiger partial charge in [-0.3, -0.25) is 0 Å². The first-order valence-electron chi connectivity index (χ1n) is 6.84. The second kappa shape index (κ2) is 6.07. The van der Waals surface area contributed by atoms with E-state index in [1.54, 1.807) is 6.92 Å². The second-order valence-corrected chi connectivity index (χ2v) is 6.13. The lowest BCUT2D eigenvalue weighted by molar-refractivity contribution is 0.198. The van der Waals surface area contributed by atoms with Crippen molar-refractivity contribution in [2.24, 2.45) is 5.92 Å². The van der Waals surface area contributed by atoms with Gasteiger partial charge in [0.1, 0.15) is 0 Å². The third kappa shape index (κ3) is 3.07. The van der Waals surface area contributed by atoms with Crippen molar-refractivity contribution in [1.82, 2.24) is 0 Å². The Morgan fingerprint density at radius 1 is 1.50 bits per heavy atom. The van der Waals surface area contributed by atoms with E-state index < -0.39 is 6.10 Å². The van der Waals surface area contributed by atoms with Gasteiger partial charge in [0.2, 0.25) is 0 Å². The van der Waals surface area contributed by atoms with E-state index in [1.165, 1.54) is 31.5 Å².